The van der Waals surface area contributed by atoms with Gasteiger partial charge in [-0.05, 0) is 0 Å². The Kier molecular flexibility index (Phi) is 7.06. The number of carbonyl (C=O) groups excluding carboxylic acids is 1. The van der Waals surface area contributed by atoms with Gasteiger partial charge in [-0.25, -0.2) is 13.6 Å². The van der Waals surface area contributed by atoms with Crippen molar-refractivity contribution in [1.82, 2.24) is 0 Å². The number of methoxy groups -OCH3 is 1. The summed E-state index contributed by atoms with van der Waals surface area (Å²) in [6.45, 7) is 4.00. The molecule has 0 aliphatic rings. The number of nitrogens with zero attached hydrogens (tertiary/aromatic N) is 1. The summed E-state index contributed by atoms with van der Waals surface area (Å²) in [5.74, 6) is -8.44. The molecule has 6 nitrogen and oxygen atoms in total. The Hall–Kier alpha value is -3.17. The van der Waals surface area contributed by atoms with Crippen LogP contribution >= 0.6 is 0 Å². The Morgan fingerprint density at radius 1 is 0.923 bits per heavy atom. The van der Waals surface area contributed by atoms with Crippen LogP contribution in [0.4, 0.5) is 23.2 Å². The van der Waals surface area contributed by atoms with Crippen molar-refractivity contribution in [3.05, 3.63) is 63.2 Å². The minimum absolute atomic E-state index is 0.200. The molecule has 0 aliphatic carbocycles. The first-order chi connectivity index (χ1) is 12.2. The molecule has 0 N–H and O–H groups in total. The molecule has 0 unspecified atom stereocenters. The van der Waals surface area contributed by atoms with Crippen molar-refractivity contribution >= 4 is 11.7 Å². The SMILES string of the molecule is CC.COc1cc(F)c(C(=O)Oc2cc(F)c([N+](=O)[O-])c(F)c2)c(F)c1. The molecule has 2 aromatic carbocycles. The van der Waals surface area contributed by atoms with Crippen molar-refractivity contribution in [3.63, 3.8) is 0 Å². The number of nitro benzene ring substituents is 1. The van der Waals surface area contributed by atoms with Crippen LogP contribution in [-0.2, 0) is 0 Å². The van der Waals surface area contributed by atoms with Crippen molar-refractivity contribution < 1.29 is 36.8 Å². The largest absolute Gasteiger partial charge is 0.497 e. The van der Waals surface area contributed by atoms with E-state index in [1.807, 2.05) is 13.8 Å². The first-order valence-corrected chi connectivity index (χ1v) is 7.13. The van der Waals surface area contributed by atoms with Gasteiger partial charge in [0.15, 0.2) is 0 Å². The van der Waals surface area contributed by atoms with Crippen molar-refractivity contribution in [2.45, 2.75) is 13.8 Å². The van der Waals surface area contributed by atoms with Gasteiger partial charge in [-0.2, -0.15) is 8.78 Å². The first kappa shape index (κ1) is 20.9. The fourth-order valence-corrected chi connectivity index (χ4v) is 1.80. The van der Waals surface area contributed by atoms with Gasteiger partial charge in [0.25, 0.3) is 0 Å². The maximum atomic E-state index is 13.7. The fraction of sp³-hybridized carbons (Fsp3) is 0.188. The topological polar surface area (TPSA) is 78.7 Å². The molecule has 2 rings (SSSR count). The maximum Gasteiger partial charge on any atom is 0.349 e. The van der Waals surface area contributed by atoms with Gasteiger partial charge in [0.2, 0.25) is 11.6 Å². The average Bonchev–Trinajstić information content (AvgIpc) is 2.54. The Balaban J connectivity index is 0.00000163. The second-order valence-corrected chi connectivity index (χ2v) is 4.35. The van der Waals surface area contributed by atoms with Gasteiger partial charge in [0, 0.05) is 24.3 Å². The number of ether oxygens (including phenoxy) is 2. The van der Waals surface area contributed by atoms with E-state index in [0.717, 1.165) is 7.11 Å². The molecule has 2 aromatic rings. The van der Waals surface area contributed by atoms with Crippen LogP contribution in [0, 0.1) is 33.4 Å². The molecule has 140 valence electrons. The predicted octanol–water partition coefficient (Wildman–Crippen LogP) is 4.41. The van der Waals surface area contributed by atoms with E-state index in [9.17, 15) is 32.5 Å². The number of esters is 1. The molecular weight excluding hydrogens is 362 g/mol. The summed E-state index contributed by atoms with van der Waals surface area (Å²) in [5, 5.41) is 10.5. The zero-order valence-corrected chi connectivity index (χ0v) is 13.8. The fourth-order valence-electron chi connectivity index (χ4n) is 1.80. The minimum atomic E-state index is -1.61. The lowest BCUT2D eigenvalue weighted by molar-refractivity contribution is -0.390. The predicted molar refractivity (Wildman–Crippen MR) is 82.2 cm³/mol. The zero-order chi connectivity index (χ0) is 20.0. The van der Waals surface area contributed by atoms with Crippen LogP contribution in [-0.4, -0.2) is 18.0 Å². The highest BCUT2D eigenvalue weighted by Crippen LogP contribution is 2.28. The molecule has 0 saturated carbocycles. The van der Waals surface area contributed by atoms with E-state index in [2.05, 4.69) is 9.47 Å². The first-order valence-electron chi connectivity index (χ1n) is 7.13. The van der Waals surface area contributed by atoms with E-state index >= 15 is 0 Å². The molecule has 0 atom stereocenters. The van der Waals surface area contributed by atoms with Gasteiger partial charge in [-0.1, -0.05) is 13.8 Å². The highest BCUT2D eigenvalue weighted by molar-refractivity contribution is 5.91. The van der Waals surface area contributed by atoms with Crippen LogP contribution in [0.15, 0.2) is 24.3 Å². The summed E-state index contributed by atoms with van der Waals surface area (Å²) in [5.41, 5.74) is -2.56. The quantitative estimate of drug-likeness (QED) is 0.260. The van der Waals surface area contributed by atoms with Gasteiger partial charge in [-0.3, -0.25) is 10.1 Å². The van der Waals surface area contributed by atoms with Crippen molar-refractivity contribution in [2.75, 3.05) is 7.11 Å². The van der Waals surface area contributed by atoms with Gasteiger partial charge in [0.05, 0.1) is 12.0 Å². The van der Waals surface area contributed by atoms with Crippen LogP contribution in [0.1, 0.15) is 24.2 Å². The molecule has 0 fully saturated rings. The highest BCUT2D eigenvalue weighted by atomic mass is 19.1. The monoisotopic (exact) mass is 375 g/mol. The number of hydrogen-bond acceptors (Lipinski definition) is 5. The minimum Gasteiger partial charge on any atom is -0.497 e. The average molecular weight is 375 g/mol. The van der Waals surface area contributed by atoms with E-state index in [1.165, 1.54) is 0 Å². The molecule has 10 heteroatoms. The molecule has 0 radical (unpaired) electrons. The lowest BCUT2D eigenvalue weighted by Gasteiger charge is -2.08. The Morgan fingerprint density at radius 3 is 1.73 bits per heavy atom. The number of hydrogen-bond donors (Lipinski definition) is 0. The zero-order valence-electron chi connectivity index (χ0n) is 13.8. The normalized spacial score (nSPS) is 9.81. The van der Waals surface area contributed by atoms with Gasteiger partial charge in [-0.15, -0.1) is 0 Å². The lowest BCUT2D eigenvalue weighted by Crippen LogP contribution is -2.14. The van der Waals surface area contributed by atoms with Gasteiger partial charge < -0.3 is 9.47 Å². The van der Waals surface area contributed by atoms with E-state index in [0.29, 0.717) is 24.3 Å². The number of nitro groups is 1. The molecule has 0 heterocycles. The maximum absolute atomic E-state index is 13.7. The van der Waals surface area contributed by atoms with Crippen LogP contribution < -0.4 is 9.47 Å². The lowest BCUT2D eigenvalue weighted by atomic mass is 10.2. The second kappa shape index (κ2) is 8.79. The summed E-state index contributed by atoms with van der Waals surface area (Å²) >= 11 is 0. The number of benzene rings is 2. The molecular formula is C16H13F4NO5. The smallest absolute Gasteiger partial charge is 0.349 e. The third-order valence-corrected chi connectivity index (χ3v) is 2.84. The van der Waals surface area contributed by atoms with Gasteiger partial charge in [0.1, 0.15) is 28.7 Å². The summed E-state index contributed by atoms with van der Waals surface area (Å²) in [6.07, 6.45) is 0. The van der Waals surface area contributed by atoms with Crippen molar-refractivity contribution in [2.24, 2.45) is 0 Å². The molecule has 0 aromatic heterocycles. The molecule has 26 heavy (non-hydrogen) atoms. The molecule has 0 saturated heterocycles. The van der Waals surface area contributed by atoms with Crippen LogP contribution in [0.5, 0.6) is 11.5 Å². The molecule has 0 bridgehead atoms. The van der Waals surface area contributed by atoms with E-state index < -0.39 is 51.2 Å². The number of halogens is 4. The second-order valence-electron chi connectivity index (χ2n) is 4.35. The number of carbonyl (C=O) groups is 1. The van der Waals surface area contributed by atoms with Gasteiger partial charge >= 0.3 is 11.7 Å². The summed E-state index contributed by atoms with van der Waals surface area (Å²) in [6, 6.07) is 2.10. The molecule has 0 amide bonds. The number of rotatable bonds is 4. The molecule has 0 aliphatic heterocycles. The summed E-state index contributed by atoms with van der Waals surface area (Å²) in [7, 11) is 1.15. The third kappa shape index (κ3) is 4.47. The van der Waals surface area contributed by atoms with Crippen LogP contribution in [0.2, 0.25) is 0 Å². The Morgan fingerprint density at radius 2 is 1.35 bits per heavy atom. The van der Waals surface area contributed by atoms with E-state index in [4.69, 9.17) is 0 Å². The Labute approximate surface area is 145 Å². The summed E-state index contributed by atoms with van der Waals surface area (Å²) in [4.78, 5) is 20.9. The van der Waals surface area contributed by atoms with Crippen molar-refractivity contribution in [3.8, 4) is 11.5 Å². The third-order valence-electron chi connectivity index (χ3n) is 2.84. The van der Waals surface area contributed by atoms with Crippen molar-refractivity contribution in [1.29, 1.82) is 0 Å². The highest BCUT2D eigenvalue weighted by Gasteiger charge is 2.25. The van der Waals surface area contributed by atoms with Crippen LogP contribution in [0.25, 0.3) is 0 Å². The standard InChI is InChI=1S/C14H7F4NO5.C2H6/c1-23-6-2-8(15)12(9(16)3-6)14(20)24-7-4-10(17)13(19(21)22)11(18)5-7;1-2/h2-5H,1H3;1-2H3. The van der Waals surface area contributed by atoms with Crippen LogP contribution in [0.3, 0.4) is 0 Å². The summed E-state index contributed by atoms with van der Waals surface area (Å²) < 4.78 is 63.4. The Bertz CT molecular complexity index is 795. The van der Waals surface area contributed by atoms with E-state index in [-0.39, 0.29) is 5.75 Å². The van der Waals surface area contributed by atoms with E-state index in [1.54, 1.807) is 0 Å². The molecule has 0 spiro atoms.